The zero-order chi connectivity index (χ0) is 24.9. The number of benzene rings is 2. The fourth-order valence-electron chi connectivity index (χ4n) is 3.84. The monoisotopic (exact) mass is 537 g/mol. The van der Waals surface area contributed by atoms with E-state index in [4.69, 9.17) is 4.98 Å². The van der Waals surface area contributed by atoms with Gasteiger partial charge in [-0.1, -0.05) is 56.4 Å². The second kappa shape index (κ2) is 12.8. The van der Waals surface area contributed by atoms with Crippen LogP contribution in [0.4, 0.5) is 5.13 Å². The molecule has 9 heteroatoms. The summed E-state index contributed by atoms with van der Waals surface area (Å²) in [6, 6.07) is 12.9. The lowest BCUT2D eigenvalue weighted by Gasteiger charge is -2.24. The van der Waals surface area contributed by atoms with Gasteiger partial charge in [0.05, 0.1) is 26.8 Å². The molecular formula is C26H36ClN3O3S2. The normalized spacial score (nSPS) is 11.7. The Morgan fingerprint density at radius 2 is 1.66 bits per heavy atom. The summed E-state index contributed by atoms with van der Waals surface area (Å²) in [5.41, 5.74) is 2.93. The summed E-state index contributed by atoms with van der Waals surface area (Å²) < 4.78 is 25.9. The molecule has 192 valence electrons. The number of halogens is 1. The highest BCUT2D eigenvalue weighted by Gasteiger charge is 2.23. The number of hydrogen-bond acceptors (Lipinski definition) is 6. The molecule has 0 fully saturated rings. The van der Waals surface area contributed by atoms with Crippen LogP contribution < -0.4 is 4.90 Å². The predicted octanol–water partition coefficient (Wildman–Crippen LogP) is 5.38. The van der Waals surface area contributed by atoms with E-state index in [0.29, 0.717) is 11.7 Å². The highest BCUT2D eigenvalue weighted by atomic mass is 35.5. The van der Waals surface area contributed by atoms with Crippen molar-refractivity contribution in [1.29, 1.82) is 0 Å². The number of thiazole rings is 1. The van der Waals surface area contributed by atoms with Gasteiger partial charge >= 0.3 is 0 Å². The van der Waals surface area contributed by atoms with Gasteiger partial charge in [-0.2, -0.15) is 0 Å². The second-order valence-electron chi connectivity index (χ2n) is 8.60. The van der Waals surface area contributed by atoms with Crippen LogP contribution in [0.5, 0.6) is 0 Å². The Hall–Kier alpha value is -2.00. The van der Waals surface area contributed by atoms with E-state index in [-0.39, 0.29) is 29.6 Å². The van der Waals surface area contributed by atoms with Gasteiger partial charge in [-0.3, -0.25) is 9.69 Å². The van der Waals surface area contributed by atoms with Gasteiger partial charge in [-0.25, -0.2) is 13.4 Å². The van der Waals surface area contributed by atoms with Crippen LogP contribution in [0.3, 0.4) is 0 Å². The Kier molecular flexibility index (Phi) is 10.7. The number of amides is 1. The summed E-state index contributed by atoms with van der Waals surface area (Å²) in [7, 11) is -3.34. The highest BCUT2D eigenvalue weighted by Crippen LogP contribution is 2.31. The lowest BCUT2D eigenvalue weighted by atomic mass is 10.1. The lowest BCUT2D eigenvalue weighted by molar-refractivity contribution is -0.118. The molecule has 0 bridgehead atoms. The number of fused-ring (bicyclic) bond motifs is 1. The molecule has 0 unspecified atom stereocenters. The van der Waals surface area contributed by atoms with Gasteiger partial charge in [0.15, 0.2) is 15.0 Å². The second-order valence-corrected chi connectivity index (χ2v) is 12.1. The van der Waals surface area contributed by atoms with Crippen molar-refractivity contribution in [3.8, 4) is 0 Å². The SMILES string of the molecule is CCc1cccc2sc(N(CCN(CC)CC)C(=O)Cc3ccc(S(=O)(=O)C(C)C)cc3)nc12.Cl. The van der Waals surface area contributed by atoms with Gasteiger partial charge in [-0.15, -0.1) is 12.4 Å². The number of para-hydroxylation sites is 1. The van der Waals surface area contributed by atoms with Crippen LogP contribution in [0.1, 0.15) is 45.7 Å². The maximum Gasteiger partial charge on any atom is 0.233 e. The number of aryl methyl sites for hydroxylation is 1. The van der Waals surface area contributed by atoms with E-state index in [1.807, 2.05) is 6.07 Å². The number of sulfone groups is 1. The summed E-state index contributed by atoms with van der Waals surface area (Å²) >= 11 is 1.55. The van der Waals surface area contributed by atoms with Crippen LogP contribution in [0.15, 0.2) is 47.4 Å². The average Bonchev–Trinajstić information content (AvgIpc) is 3.26. The van der Waals surface area contributed by atoms with E-state index in [1.54, 1.807) is 54.3 Å². The van der Waals surface area contributed by atoms with Crippen LogP contribution >= 0.6 is 23.7 Å². The summed E-state index contributed by atoms with van der Waals surface area (Å²) in [5.74, 6) is -0.0382. The summed E-state index contributed by atoms with van der Waals surface area (Å²) in [5, 5.41) is 0.231. The Balaban J connectivity index is 0.00000432. The first kappa shape index (κ1) is 29.2. The third kappa shape index (κ3) is 6.82. The molecule has 0 aliphatic carbocycles. The number of hydrogen-bond donors (Lipinski definition) is 0. The zero-order valence-corrected chi connectivity index (χ0v) is 23.6. The van der Waals surface area contributed by atoms with Crippen molar-refractivity contribution < 1.29 is 13.2 Å². The molecule has 0 saturated heterocycles. The number of nitrogens with zero attached hydrogens (tertiary/aromatic N) is 3. The molecule has 0 N–H and O–H groups in total. The van der Waals surface area contributed by atoms with Crippen molar-refractivity contribution in [2.75, 3.05) is 31.1 Å². The lowest BCUT2D eigenvalue weighted by Crippen LogP contribution is -2.39. The van der Waals surface area contributed by atoms with Crippen molar-refractivity contribution in [3.05, 3.63) is 53.6 Å². The maximum atomic E-state index is 13.5. The van der Waals surface area contributed by atoms with E-state index in [9.17, 15) is 13.2 Å². The molecule has 1 heterocycles. The Bertz CT molecular complexity index is 1220. The first-order chi connectivity index (χ1) is 16.2. The van der Waals surface area contributed by atoms with Gasteiger partial charge in [0.25, 0.3) is 0 Å². The largest absolute Gasteiger partial charge is 0.302 e. The zero-order valence-electron chi connectivity index (χ0n) is 21.2. The molecule has 0 aliphatic rings. The summed E-state index contributed by atoms with van der Waals surface area (Å²) in [4.78, 5) is 22.7. The maximum absolute atomic E-state index is 13.5. The van der Waals surface area contributed by atoms with Crippen LogP contribution in [-0.4, -0.2) is 55.6 Å². The van der Waals surface area contributed by atoms with Crippen molar-refractivity contribution in [2.45, 2.75) is 57.6 Å². The van der Waals surface area contributed by atoms with Crippen molar-refractivity contribution in [3.63, 3.8) is 0 Å². The molecule has 6 nitrogen and oxygen atoms in total. The first-order valence-electron chi connectivity index (χ1n) is 11.9. The van der Waals surface area contributed by atoms with Gasteiger partial charge in [-0.05, 0) is 62.7 Å². The molecular weight excluding hydrogens is 502 g/mol. The number of carbonyl (C=O) groups excluding carboxylic acids is 1. The quantitative estimate of drug-likeness (QED) is 0.328. The van der Waals surface area contributed by atoms with E-state index in [2.05, 4.69) is 37.8 Å². The third-order valence-electron chi connectivity index (χ3n) is 6.17. The molecule has 0 atom stereocenters. The minimum absolute atomic E-state index is 0. The molecule has 0 radical (unpaired) electrons. The number of anilines is 1. The molecule has 3 rings (SSSR count). The van der Waals surface area contributed by atoms with Gasteiger partial charge in [0.1, 0.15) is 0 Å². The van der Waals surface area contributed by atoms with Gasteiger partial charge in [0, 0.05) is 13.1 Å². The summed E-state index contributed by atoms with van der Waals surface area (Å²) in [6.07, 6.45) is 1.08. The van der Waals surface area contributed by atoms with Crippen LogP contribution in [-0.2, 0) is 27.5 Å². The van der Waals surface area contributed by atoms with Crippen LogP contribution in [0.2, 0.25) is 0 Å². The molecule has 1 amide bonds. The van der Waals surface area contributed by atoms with Crippen LogP contribution in [0, 0.1) is 0 Å². The molecule has 35 heavy (non-hydrogen) atoms. The minimum Gasteiger partial charge on any atom is -0.302 e. The summed E-state index contributed by atoms with van der Waals surface area (Å²) in [6.45, 7) is 12.9. The number of aromatic nitrogens is 1. The predicted molar refractivity (Wildman–Crippen MR) is 149 cm³/mol. The molecule has 0 saturated carbocycles. The van der Waals surface area contributed by atoms with E-state index in [1.165, 1.54) is 5.56 Å². The van der Waals surface area contributed by atoms with Crippen molar-refractivity contribution in [2.24, 2.45) is 0 Å². The molecule has 2 aromatic carbocycles. The van der Waals surface area contributed by atoms with Crippen molar-refractivity contribution in [1.82, 2.24) is 9.88 Å². The highest BCUT2D eigenvalue weighted by molar-refractivity contribution is 7.92. The Morgan fingerprint density at radius 1 is 1.00 bits per heavy atom. The number of rotatable bonds is 11. The van der Waals surface area contributed by atoms with E-state index in [0.717, 1.165) is 41.8 Å². The standard InChI is InChI=1S/C26H35N3O3S2.ClH/c1-6-21-10-9-11-23-25(21)27-26(33-23)29(17-16-28(7-2)8-3)24(30)18-20-12-14-22(15-13-20)34(31,32)19(4)5;/h9-15,19H,6-8,16-18H2,1-5H3;1H. The van der Waals surface area contributed by atoms with E-state index >= 15 is 0 Å². The third-order valence-corrected chi connectivity index (χ3v) is 9.38. The first-order valence-corrected chi connectivity index (χ1v) is 14.3. The topological polar surface area (TPSA) is 70.6 Å². The smallest absolute Gasteiger partial charge is 0.233 e. The Labute approximate surface area is 219 Å². The van der Waals surface area contributed by atoms with Gasteiger partial charge in [0.2, 0.25) is 5.91 Å². The fraction of sp³-hybridized carbons (Fsp3) is 0.462. The fourth-order valence-corrected chi connectivity index (χ4v) is 5.96. The molecule has 0 spiro atoms. The van der Waals surface area contributed by atoms with E-state index < -0.39 is 15.1 Å². The molecule has 1 aromatic heterocycles. The number of likely N-dealkylation sites (N-methyl/N-ethyl adjacent to an activating group) is 1. The van der Waals surface area contributed by atoms with Crippen molar-refractivity contribution >= 4 is 54.8 Å². The average molecular weight is 538 g/mol. The van der Waals surface area contributed by atoms with Crippen LogP contribution in [0.25, 0.3) is 10.2 Å². The number of carbonyl (C=O) groups is 1. The van der Waals surface area contributed by atoms with Gasteiger partial charge < -0.3 is 4.90 Å². The molecule has 3 aromatic rings. The Morgan fingerprint density at radius 3 is 2.23 bits per heavy atom. The minimum atomic E-state index is -3.34. The molecule has 0 aliphatic heterocycles.